The molecule has 4 rings (SSSR count). The number of fused-ring (bicyclic) bond motifs is 1. The zero-order chi connectivity index (χ0) is 18.1. The molecular weight excluding hydrogens is 356 g/mol. The molecule has 0 aliphatic carbocycles. The van der Waals surface area contributed by atoms with E-state index in [1.54, 1.807) is 10.7 Å². The Bertz CT molecular complexity index is 1110. The molecule has 1 N–H and O–H groups in total. The average Bonchev–Trinajstić information content (AvgIpc) is 3.30. The Morgan fingerprint density at radius 3 is 2.96 bits per heavy atom. The van der Waals surface area contributed by atoms with Gasteiger partial charge in [-0.15, -0.1) is 10.2 Å². The maximum atomic E-state index is 12.8. The summed E-state index contributed by atoms with van der Waals surface area (Å²) in [4.78, 5) is 17.0. The highest BCUT2D eigenvalue weighted by Crippen LogP contribution is 2.28. The molecule has 130 valence electrons. The maximum absolute atomic E-state index is 12.8. The summed E-state index contributed by atoms with van der Waals surface area (Å²) in [5.74, 6) is -0.360. The summed E-state index contributed by atoms with van der Waals surface area (Å²) in [7, 11) is 1.49. The van der Waals surface area contributed by atoms with Crippen LogP contribution >= 0.6 is 11.3 Å². The van der Waals surface area contributed by atoms with Crippen molar-refractivity contribution >= 4 is 28.0 Å². The number of methoxy groups -OCH3 is 1. The first-order chi connectivity index (χ1) is 12.7. The predicted molar refractivity (Wildman–Crippen MR) is 93.2 cm³/mol. The van der Waals surface area contributed by atoms with Crippen molar-refractivity contribution in [3.05, 3.63) is 41.9 Å². The van der Waals surface area contributed by atoms with E-state index >= 15 is 0 Å². The van der Waals surface area contributed by atoms with Crippen molar-refractivity contribution in [2.45, 2.75) is 6.92 Å². The quantitative estimate of drug-likeness (QED) is 0.577. The van der Waals surface area contributed by atoms with E-state index in [4.69, 9.17) is 4.74 Å². The highest BCUT2D eigenvalue weighted by atomic mass is 32.1. The minimum absolute atomic E-state index is 0.334. The van der Waals surface area contributed by atoms with Crippen molar-refractivity contribution in [1.82, 2.24) is 35.2 Å². The van der Waals surface area contributed by atoms with Crippen molar-refractivity contribution in [2.24, 2.45) is 0 Å². The van der Waals surface area contributed by atoms with Gasteiger partial charge in [0.25, 0.3) is 11.1 Å². The third-order valence-electron chi connectivity index (χ3n) is 3.60. The second-order valence-corrected chi connectivity index (χ2v) is 6.21. The van der Waals surface area contributed by atoms with Gasteiger partial charge in [-0.3, -0.25) is 15.1 Å². The van der Waals surface area contributed by atoms with Gasteiger partial charge in [-0.2, -0.15) is 0 Å². The van der Waals surface area contributed by atoms with Crippen molar-refractivity contribution in [3.63, 3.8) is 0 Å². The van der Waals surface area contributed by atoms with Gasteiger partial charge >= 0.3 is 0 Å². The second-order valence-electron chi connectivity index (χ2n) is 5.27. The van der Waals surface area contributed by atoms with Crippen molar-refractivity contribution < 1.29 is 9.53 Å². The lowest BCUT2D eigenvalue weighted by Gasteiger charge is -2.10. The monoisotopic (exact) mass is 368 g/mol. The van der Waals surface area contributed by atoms with Crippen molar-refractivity contribution in [2.75, 3.05) is 12.4 Å². The molecule has 26 heavy (non-hydrogen) atoms. The van der Waals surface area contributed by atoms with Gasteiger partial charge in [0.1, 0.15) is 0 Å². The number of carbonyl (C=O) groups is 1. The number of rotatable bonds is 4. The third kappa shape index (κ3) is 2.84. The Kier molecular flexibility index (Phi) is 3.97. The molecule has 0 atom stereocenters. The van der Waals surface area contributed by atoms with Crippen LogP contribution in [0, 0.1) is 6.92 Å². The molecule has 0 fully saturated rings. The Balaban J connectivity index is 1.77. The highest BCUT2D eigenvalue weighted by Gasteiger charge is 2.18. The summed E-state index contributed by atoms with van der Waals surface area (Å²) in [6.07, 6.45) is 3.26. The molecule has 1 amide bonds. The van der Waals surface area contributed by atoms with Gasteiger partial charge in [0, 0.05) is 29.2 Å². The molecule has 4 aromatic heterocycles. The molecule has 0 bridgehead atoms. The number of anilines is 1. The average molecular weight is 368 g/mol. The molecule has 0 spiro atoms. The van der Waals surface area contributed by atoms with Gasteiger partial charge in [-0.1, -0.05) is 5.10 Å². The lowest BCUT2D eigenvalue weighted by Crippen LogP contribution is -2.14. The fraction of sp³-hybridized carbons (Fsp3) is 0.133. The van der Waals surface area contributed by atoms with Crippen molar-refractivity contribution in [3.8, 4) is 16.3 Å². The number of tetrazole rings is 1. The maximum Gasteiger partial charge on any atom is 0.295 e. The molecule has 10 nitrogen and oxygen atoms in total. The van der Waals surface area contributed by atoms with Gasteiger partial charge in [0.15, 0.2) is 5.65 Å². The number of hydrogen-bond donors (Lipinski definition) is 1. The number of aryl methyl sites for hydroxylation is 1. The Morgan fingerprint density at radius 1 is 1.27 bits per heavy atom. The predicted octanol–water partition coefficient (Wildman–Crippen LogP) is 1.61. The minimum Gasteiger partial charge on any atom is -0.472 e. The van der Waals surface area contributed by atoms with Gasteiger partial charge in [0.05, 0.1) is 12.7 Å². The molecule has 0 aliphatic rings. The van der Waals surface area contributed by atoms with Crippen LogP contribution in [0.5, 0.6) is 5.19 Å². The normalized spacial score (nSPS) is 10.8. The van der Waals surface area contributed by atoms with Crippen LogP contribution in [0.2, 0.25) is 0 Å². The highest BCUT2D eigenvalue weighted by molar-refractivity contribution is 7.17. The molecule has 4 heterocycles. The molecule has 0 saturated carbocycles. The number of nitrogens with one attached hydrogen (secondary N) is 1. The molecule has 0 aromatic carbocycles. The molecule has 4 aromatic rings. The first-order valence-electron chi connectivity index (χ1n) is 7.48. The van der Waals surface area contributed by atoms with Gasteiger partial charge < -0.3 is 4.74 Å². The third-order valence-corrected chi connectivity index (χ3v) is 4.40. The molecule has 0 radical (unpaired) electrons. The van der Waals surface area contributed by atoms with E-state index < -0.39 is 0 Å². The largest absolute Gasteiger partial charge is 0.472 e. The van der Waals surface area contributed by atoms with Crippen LogP contribution in [-0.4, -0.2) is 48.2 Å². The van der Waals surface area contributed by atoms with E-state index in [-0.39, 0.29) is 5.91 Å². The van der Waals surface area contributed by atoms with E-state index in [1.807, 2.05) is 25.1 Å². The van der Waals surface area contributed by atoms with E-state index in [2.05, 4.69) is 36.0 Å². The summed E-state index contributed by atoms with van der Waals surface area (Å²) in [5.41, 5.74) is 3.09. The van der Waals surface area contributed by atoms with E-state index in [1.165, 1.54) is 13.3 Å². The number of amides is 1. The number of carbonyl (C=O) groups excluding carboxylic acids is 1. The molecule has 0 saturated heterocycles. The fourth-order valence-corrected chi connectivity index (χ4v) is 3.00. The van der Waals surface area contributed by atoms with Crippen LogP contribution in [0.15, 0.2) is 30.6 Å². The topological polar surface area (TPSA) is 120 Å². The number of nitrogens with zero attached hydrogens (tertiary/aromatic N) is 7. The van der Waals surface area contributed by atoms with Crippen LogP contribution in [-0.2, 0) is 0 Å². The molecule has 0 unspecified atom stereocenters. The van der Waals surface area contributed by atoms with E-state index in [0.717, 1.165) is 22.6 Å². The van der Waals surface area contributed by atoms with Crippen LogP contribution in [0.4, 0.5) is 5.13 Å². The lowest BCUT2D eigenvalue weighted by molar-refractivity contribution is 0.102. The second kappa shape index (κ2) is 6.44. The summed E-state index contributed by atoms with van der Waals surface area (Å²) < 4.78 is 6.53. The first-order valence-corrected chi connectivity index (χ1v) is 8.30. The van der Waals surface area contributed by atoms with Crippen LogP contribution in [0.25, 0.3) is 16.8 Å². The lowest BCUT2D eigenvalue weighted by atomic mass is 10.0. The van der Waals surface area contributed by atoms with Crippen LogP contribution in [0.3, 0.4) is 0 Å². The summed E-state index contributed by atoms with van der Waals surface area (Å²) in [6, 6.07) is 5.48. The Morgan fingerprint density at radius 2 is 2.15 bits per heavy atom. The van der Waals surface area contributed by atoms with Crippen molar-refractivity contribution in [1.29, 1.82) is 0 Å². The molecule has 0 aliphatic heterocycles. The number of hydrogen-bond acceptors (Lipinski definition) is 9. The smallest absolute Gasteiger partial charge is 0.295 e. The van der Waals surface area contributed by atoms with Gasteiger partial charge in [0.2, 0.25) is 5.13 Å². The zero-order valence-corrected chi connectivity index (χ0v) is 14.6. The molecule has 11 heteroatoms. The fourth-order valence-electron chi connectivity index (χ4n) is 2.45. The number of aromatic nitrogens is 7. The van der Waals surface area contributed by atoms with E-state index in [9.17, 15) is 4.79 Å². The minimum atomic E-state index is -0.360. The van der Waals surface area contributed by atoms with E-state index in [0.29, 0.717) is 27.1 Å². The number of ether oxygens (including phenoxy) is 1. The van der Waals surface area contributed by atoms with Crippen LogP contribution < -0.4 is 10.1 Å². The van der Waals surface area contributed by atoms with Crippen LogP contribution in [0.1, 0.15) is 16.1 Å². The zero-order valence-electron chi connectivity index (χ0n) is 13.7. The SMILES string of the molecule is COc1nnc(NC(=O)c2cnc(C)cc2-c2cccn3nnnc23)s1. The summed E-state index contributed by atoms with van der Waals surface area (Å²) in [6.45, 7) is 1.85. The first kappa shape index (κ1) is 16.0. The van der Waals surface area contributed by atoms with Gasteiger partial charge in [-0.25, -0.2) is 4.52 Å². The van der Waals surface area contributed by atoms with Gasteiger partial charge in [-0.05, 0) is 46.9 Å². The Hall–Kier alpha value is -3.47. The standard InChI is InChI=1S/C15H12N8O2S/c1-8-6-10(9-4-3-5-23-12(9)18-21-22-23)11(7-16-8)13(24)17-14-19-20-15(25-2)26-14/h3-7H,1-2H3,(H,17,19,24). The summed E-state index contributed by atoms with van der Waals surface area (Å²) in [5, 5.41) is 22.7. The summed E-state index contributed by atoms with van der Waals surface area (Å²) >= 11 is 1.13. The molecular formula is C15H12N8O2S. The number of pyridine rings is 2. The Labute approximate surface area is 150 Å².